The molecule has 0 aliphatic carbocycles. The maximum Gasteiger partial charge on any atom is 0.343 e. The molecule has 352 valence electrons. The number of fused-ring (bicyclic) bond motifs is 2. The molecule has 4 aromatic rings. The summed E-state index contributed by atoms with van der Waals surface area (Å²) in [7, 11) is 5.12. The summed E-state index contributed by atoms with van der Waals surface area (Å²) in [5, 5.41) is 37.3. The number of cyclic esters (lactones) is 1. The average molecular weight is 906 g/mol. The molecule has 7 rings (SSSR count). The minimum Gasteiger partial charge on any atom is -0.508 e. The number of pyridine rings is 1. The number of aromatic hydroxyl groups is 2. The summed E-state index contributed by atoms with van der Waals surface area (Å²) in [6, 6.07) is 17.1. The molecule has 3 aliphatic heterocycles. The Balaban J connectivity index is 0.000000229. The lowest BCUT2D eigenvalue weighted by Gasteiger charge is -2.35. The third kappa shape index (κ3) is 11.1. The van der Waals surface area contributed by atoms with Gasteiger partial charge in [-0.15, -0.1) is 0 Å². The highest BCUT2D eigenvalue weighted by Crippen LogP contribution is 2.41. The number of carbonyl (C=O) groups is 3. The van der Waals surface area contributed by atoms with E-state index in [1.54, 1.807) is 23.0 Å². The van der Waals surface area contributed by atoms with Crippen molar-refractivity contribution in [1.29, 1.82) is 0 Å². The molecule has 16 heteroatoms. The molecule has 1 aromatic heterocycles. The SMILES string of the molecule is C=NN=C.CC(C)c1cc(CN(CO)c2ccc(CN3CCN(C=O)CC3)cc2)c(O)cc1O.CCc1c2c(nc3ccc(OC)cc13)/C(=C/C1=C(C=O)COC(=O)C1(CC)OC)N(C)C2. The Labute approximate surface area is 387 Å². The summed E-state index contributed by atoms with van der Waals surface area (Å²) in [5.74, 6) is 0.542. The minimum absolute atomic E-state index is 0.0152. The van der Waals surface area contributed by atoms with E-state index in [-0.39, 0.29) is 30.8 Å². The number of phenols is 2. The second-order valence-corrected chi connectivity index (χ2v) is 16.5. The molecular formula is C50H63N7O9. The van der Waals surface area contributed by atoms with Crippen LogP contribution in [0.4, 0.5) is 5.69 Å². The van der Waals surface area contributed by atoms with Gasteiger partial charge in [-0.25, -0.2) is 9.78 Å². The van der Waals surface area contributed by atoms with Crippen LogP contribution >= 0.6 is 0 Å². The van der Waals surface area contributed by atoms with Gasteiger partial charge in [0.05, 0.1) is 24.0 Å². The van der Waals surface area contributed by atoms with Gasteiger partial charge < -0.3 is 44.2 Å². The van der Waals surface area contributed by atoms with Crippen LogP contribution in [0.25, 0.3) is 16.6 Å². The number of carbonyl (C=O) groups excluding carboxylic acids is 3. The van der Waals surface area contributed by atoms with Gasteiger partial charge in [-0.05, 0) is 77.9 Å². The number of hydrogen-bond donors (Lipinski definition) is 3. The van der Waals surface area contributed by atoms with E-state index in [0.29, 0.717) is 36.2 Å². The van der Waals surface area contributed by atoms with Crippen molar-refractivity contribution in [3.8, 4) is 17.2 Å². The molecule has 0 radical (unpaired) electrons. The van der Waals surface area contributed by atoms with Crippen LogP contribution in [0.5, 0.6) is 17.2 Å². The Hall–Kier alpha value is -6.62. The van der Waals surface area contributed by atoms with Crippen LogP contribution in [-0.2, 0) is 49.9 Å². The molecule has 0 spiro atoms. The molecule has 1 saturated heterocycles. The van der Waals surface area contributed by atoms with E-state index in [2.05, 4.69) is 40.4 Å². The van der Waals surface area contributed by atoms with E-state index in [0.717, 1.165) is 96.7 Å². The van der Waals surface area contributed by atoms with Crippen molar-refractivity contribution in [3.63, 3.8) is 0 Å². The summed E-state index contributed by atoms with van der Waals surface area (Å²) in [6.45, 7) is 18.8. The van der Waals surface area contributed by atoms with Crippen LogP contribution < -0.4 is 9.64 Å². The highest BCUT2D eigenvalue weighted by Gasteiger charge is 2.47. The number of esters is 1. The first-order valence-corrected chi connectivity index (χ1v) is 21.9. The van der Waals surface area contributed by atoms with Gasteiger partial charge in [-0.3, -0.25) is 14.5 Å². The third-order valence-corrected chi connectivity index (χ3v) is 12.3. The van der Waals surface area contributed by atoms with Crippen LogP contribution in [0.2, 0.25) is 0 Å². The largest absolute Gasteiger partial charge is 0.508 e. The maximum absolute atomic E-state index is 12.7. The number of phenolic OH excluding ortho intramolecular Hbond substituents is 2. The maximum atomic E-state index is 12.7. The number of piperazine rings is 1. The number of aldehydes is 1. The molecule has 16 nitrogen and oxygen atoms in total. The Morgan fingerprint density at radius 2 is 1.68 bits per heavy atom. The zero-order valence-electron chi connectivity index (χ0n) is 39.1. The third-order valence-electron chi connectivity index (χ3n) is 12.3. The van der Waals surface area contributed by atoms with Gasteiger partial charge in [-0.2, -0.15) is 10.2 Å². The number of aliphatic hydroxyl groups excluding tert-OH is 1. The highest BCUT2D eigenvalue weighted by molar-refractivity contribution is 5.94. The molecule has 0 saturated carbocycles. The number of hydrogen-bond acceptors (Lipinski definition) is 15. The second kappa shape index (κ2) is 23.0. The van der Waals surface area contributed by atoms with Crippen molar-refractivity contribution in [2.45, 2.75) is 71.7 Å². The van der Waals surface area contributed by atoms with Crippen molar-refractivity contribution < 1.29 is 43.9 Å². The van der Waals surface area contributed by atoms with Crippen molar-refractivity contribution in [3.05, 3.63) is 105 Å². The van der Waals surface area contributed by atoms with Gasteiger partial charge in [0.1, 0.15) is 36.9 Å². The summed E-state index contributed by atoms with van der Waals surface area (Å²) in [4.78, 5) is 48.4. The summed E-state index contributed by atoms with van der Waals surface area (Å²) in [5.41, 5.74) is 8.04. The van der Waals surface area contributed by atoms with Crippen LogP contribution in [0.15, 0.2) is 82.0 Å². The van der Waals surface area contributed by atoms with Gasteiger partial charge in [0.25, 0.3) is 0 Å². The fraction of sp³-hybridized carbons (Fsp3) is 0.400. The second-order valence-electron chi connectivity index (χ2n) is 16.5. The molecule has 1 fully saturated rings. The highest BCUT2D eigenvalue weighted by atomic mass is 16.6. The Bertz CT molecular complexity index is 2430. The first kappa shape index (κ1) is 50.4. The van der Waals surface area contributed by atoms with Crippen LogP contribution in [0.3, 0.4) is 0 Å². The van der Waals surface area contributed by atoms with Gasteiger partial charge in [0.2, 0.25) is 6.41 Å². The topological polar surface area (TPSA) is 190 Å². The fourth-order valence-corrected chi connectivity index (χ4v) is 8.52. The van der Waals surface area contributed by atoms with E-state index >= 15 is 0 Å². The molecule has 4 heterocycles. The molecule has 1 unspecified atom stereocenters. The van der Waals surface area contributed by atoms with E-state index in [1.807, 2.05) is 76.4 Å². The lowest BCUT2D eigenvalue weighted by molar-refractivity contribution is -0.166. The number of methoxy groups -OCH3 is 2. The molecule has 3 aliphatic rings. The van der Waals surface area contributed by atoms with Crippen LogP contribution in [0.1, 0.15) is 73.5 Å². The predicted molar refractivity (Wildman–Crippen MR) is 257 cm³/mol. The smallest absolute Gasteiger partial charge is 0.343 e. The average Bonchev–Trinajstić information content (AvgIpc) is 3.64. The molecular weight excluding hydrogens is 843 g/mol. The molecule has 1 amide bonds. The first-order valence-electron chi connectivity index (χ1n) is 21.9. The number of amides is 1. The number of benzene rings is 3. The lowest BCUT2D eigenvalue weighted by atomic mass is 9.84. The number of aromatic nitrogens is 1. The van der Waals surface area contributed by atoms with Crippen molar-refractivity contribution in [2.24, 2.45) is 10.2 Å². The Kier molecular flexibility index (Phi) is 17.6. The molecule has 3 aromatic carbocycles. The van der Waals surface area contributed by atoms with Gasteiger partial charge >= 0.3 is 5.97 Å². The number of ether oxygens (including phenoxy) is 3. The van der Waals surface area contributed by atoms with Crippen molar-refractivity contribution in [1.82, 2.24) is 19.7 Å². The molecule has 66 heavy (non-hydrogen) atoms. The monoisotopic (exact) mass is 905 g/mol. The standard InChI is InChI=1S/C25H28N2O5.C23H31N3O4.C2H4N2/c1-6-17-18-10-16(30-4)8-9-21(18)26-23-19(17)12-27(3)22(23)11-20-15(13-28)14-32-24(29)25(20,7-2)31-5;1-17(2)21-11-19(22(29)12-23(21)30)14-26(16-28)20-5-3-18(4-6-20)13-24-7-9-25(15-27)10-8-24;1-3-4-2/h8-11,13H,6-7,12,14H2,1-5H3;3-6,11-12,15,17,28-30H,7-10,13-14,16H2,1-2H3;1-2H2/b22-11-;;. The van der Waals surface area contributed by atoms with Crippen LogP contribution in [0, 0.1) is 0 Å². The Morgan fingerprint density at radius 1 is 0.985 bits per heavy atom. The number of aryl methyl sites for hydroxylation is 1. The summed E-state index contributed by atoms with van der Waals surface area (Å²) < 4.78 is 16.4. The minimum atomic E-state index is -1.32. The number of anilines is 1. The van der Waals surface area contributed by atoms with E-state index in [1.165, 1.54) is 24.3 Å². The van der Waals surface area contributed by atoms with Gasteiger partial charge in [0.15, 0.2) is 5.60 Å². The van der Waals surface area contributed by atoms with E-state index in [4.69, 9.17) is 19.2 Å². The fourth-order valence-electron chi connectivity index (χ4n) is 8.52. The van der Waals surface area contributed by atoms with Crippen LogP contribution in [-0.4, -0.2) is 133 Å². The number of rotatable bonds is 15. The number of nitrogens with zero attached hydrogens (tertiary/aromatic N) is 7. The normalized spacial score (nSPS) is 17.7. The van der Waals surface area contributed by atoms with E-state index in [9.17, 15) is 29.7 Å². The molecule has 0 bridgehead atoms. The van der Waals surface area contributed by atoms with Crippen molar-refractivity contribution in [2.75, 3.05) is 65.7 Å². The summed E-state index contributed by atoms with van der Waals surface area (Å²) in [6.07, 6.45) is 4.73. The van der Waals surface area contributed by atoms with Gasteiger partial charge in [0, 0.05) is 113 Å². The predicted octanol–water partition coefficient (Wildman–Crippen LogP) is 6.19. The van der Waals surface area contributed by atoms with Gasteiger partial charge in [-0.1, -0.05) is 39.8 Å². The first-order chi connectivity index (χ1) is 31.8. The zero-order valence-corrected chi connectivity index (χ0v) is 39.1. The quantitative estimate of drug-likeness (QED) is 0.0403. The number of aliphatic hydroxyl groups is 1. The summed E-state index contributed by atoms with van der Waals surface area (Å²) >= 11 is 0. The lowest BCUT2D eigenvalue weighted by Crippen LogP contribution is -2.47. The zero-order chi connectivity index (χ0) is 48.1. The van der Waals surface area contributed by atoms with E-state index < -0.39 is 11.6 Å². The molecule has 1 atom stereocenters. The Morgan fingerprint density at radius 3 is 2.24 bits per heavy atom. The molecule has 3 N–H and O–H groups in total. The van der Waals surface area contributed by atoms with Crippen molar-refractivity contribution >= 4 is 54.4 Å².